The van der Waals surface area contributed by atoms with Crippen LogP contribution >= 0.6 is 11.8 Å². The largest absolute Gasteiger partial charge is 0.497 e. The fourth-order valence-corrected chi connectivity index (χ4v) is 3.69. The molecule has 2 rings (SSSR count). The highest BCUT2D eigenvalue weighted by Crippen LogP contribution is 2.17. The molecule has 29 heavy (non-hydrogen) atoms. The van der Waals surface area contributed by atoms with Gasteiger partial charge in [0.1, 0.15) is 11.8 Å². The molecule has 0 aliphatic heterocycles. The van der Waals surface area contributed by atoms with E-state index in [1.807, 2.05) is 61.5 Å². The van der Waals surface area contributed by atoms with E-state index in [0.29, 0.717) is 18.8 Å². The summed E-state index contributed by atoms with van der Waals surface area (Å²) in [6.07, 6.45) is 0.859. The Balaban J connectivity index is 2.04. The summed E-state index contributed by atoms with van der Waals surface area (Å²) in [6, 6.07) is 17.1. The second-order valence-electron chi connectivity index (χ2n) is 6.82. The molecule has 1 atom stereocenters. The van der Waals surface area contributed by atoms with Gasteiger partial charge in [-0.25, -0.2) is 0 Å². The Kier molecular flexibility index (Phi) is 9.57. The van der Waals surface area contributed by atoms with Gasteiger partial charge in [-0.1, -0.05) is 49.4 Å². The lowest BCUT2D eigenvalue weighted by atomic mass is 10.1. The molecule has 156 valence electrons. The van der Waals surface area contributed by atoms with E-state index < -0.39 is 6.04 Å². The van der Waals surface area contributed by atoms with E-state index in [-0.39, 0.29) is 11.8 Å². The lowest BCUT2D eigenvalue weighted by Gasteiger charge is -2.28. The zero-order valence-electron chi connectivity index (χ0n) is 17.4. The number of carbonyl (C=O) groups excluding carboxylic acids is 2. The number of carbonyl (C=O) groups is 2. The summed E-state index contributed by atoms with van der Waals surface area (Å²) in [7, 11) is 1.62. The average molecular weight is 415 g/mol. The number of ether oxygens (including phenoxy) is 1. The van der Waals surface area contributed by atoms with E-state index in [9.17, 15) is 9.59 Å². The molecule has 0 saturated heterocycles. The van der Waals surface area contributed by atoms with Gasteiger partial charge in [-0.2, -0.15) is 0 Å². The van der Waals surface area contributed by atoms with Crippen molar-refractivity contribution in [3.05, 3.63) is 65.7 Å². The van der Waals surface area contributed by atoms with Crippen LogP contribution in [0.25, 0.3) is 0 Å². The van der Waals surface area contributed by atoms with Crippen molar-refractivity contribution in [2.45, 2.75) is 38.6 Å². The minimum Gasteiger partial charge on any atom is -0.497 e. The van der Waals surface area contributed by atoms with E-state index in [4.69, 9.17) is 4.74 Å². The Labute approximate surface area is 177 Å². The molecule has 0 radical (unpaired) electrons. The first kappa shape index (κ1) is 22.8. The predicted octanol–water partition coefficient (Wildman–Crippen LogP) is 3.87. The summed E-state index contributed by atoms with van der Waals surface area (Å²) >= 11 is 1.56. The van der Waals surface area contributed by atoms with Crippen molar-refractivity contribution in [3.63, 3.8) is 0 Å². The molecule has 0 heterocycles. The normalized spacial score (nSPS) is 11.6. The molecule has 5 nitrogen and oxygen atoms in total. The average Bonchev–Trinajstić information content (AvgIpc) is 2.76. The molecule has 0 unspecified atom stereocenters. The number of thioether (sulfide) groups is 1. The molecule has 0 saturated carbocycles. The molecule has 0 spiro atoms. The SMILES string of the molecule is CCCNC(=O)[C@H](C)N(Cc1ccc(OC)cc1)C(=O)CSCc1ccccc1. The molecule has 2 aromatic rings. The maximum absolute atomic E-state index is 13.0. The van der Waals surface area contributed by atoms with E-state index >= 15 is 0 Å². The number of hydrogen-bond donors (Lipinski definition) is 1. The van der Waals surface area contributed by atoms with Gasteiger partial charge in [-0.05, 0) is 36.6 Å². The molecule has 0 bridgehead atoms. The van der Waals surface area contributed by atoms with Crippen LogP contribution in [-0.2, 0) is 21.9 Å². The van der Waals surface area contributed by atoms with Crippen LogP contribution in [0.3, 0.4) is 0 Å². The third-order valence-electron chi connectivity index (χ3n) is 4.57. The Morgan fingerprint density at radius 3 is 2.38 bits per heavy atom. The lowest BCUT2D eigenvalue weighted by molar-refractivity contribution is -0.138. The first-order valence-electron chi connectivity index (χ1n) is 9.87. The monoisotopic (exact) mass is 414 g/mol. The third-order valence-corrected chi connectivity index (χ3v) is 5.55. The molecule has 0 aromatic heterocycles. The van der Waals surface area contributed by atoms with E-state index in [1.54, 1.807) is 30.7 Å². The van der Waals surface area contributed by atoms with E-state index in [0.717, 1.165) is 23.5 Å². The molecule has 0 aliphatic carbocycles. The number of rotatable bonds is 11. The summed E-state index contributed by atoms with van der Waals surface area (Å²) in [5, 5.41) is 2.89. The standard InChI is InChI=1S/C23H30N2O3S/c1-4-14-24-23(27)18(2)25(15-19-10-12-21(28-3)13-11-19)22(26)17-29-16-20-8-6-5-7-9-20/h5-13,18H,4,14-17H2,1-3H3,(H,24,27)/t18-/m0/s1. The van der Waals surface area contributed by atoms with Gasteiger partial charge in [0, 0.05) is 18.8 Å². The first-order chi connectivity index (χ1) is 14.0. The van der Waals surface area contributed by atoms with Gasteiger partial charge >= 0.3 is 0 Å². The Morgan fingerprint density at radius 2 is 1.76 bits per heavy atom. The van der Waals surface area contributed by atoms with Crippen LogP contribution < -0.4 is 10.1 Å². The zero-order chi connectivity index (χ0) is 21.1. The maximum Gasteiger partial charge on any atom is 0.242 e. The highest BCUT2D eigenvalue weighted by molar-refractivity contribution is 7.99. The highest BCUT2D eigenvalue weighted by Gasteiger charge is 2.25. The minimum absolute atomic E-state index is 0.0408. The van der Waals surface area contributed by atoms with Gasteiger partial charge in [0.2, 0.25) is 11.8 Å². The van der Waals surface area contributed by atoms with Crippen molar-refractivity contribution < 1.29 is 14.3 Å². The second-order valence-corrected chi connectivity index (χ2v) is 7.80. The number of hydrogen-bond acceptors (Lipinski definition) is 4. The van der Waals surface area contributed by atoms with Crippen LogP contribution in [0, 0.1) is 0 Å². The fourth-order valence-electron chi connectivity index (χ4n) is 2.82. The van der Waals surface area contributed by atoms with Crippen molar-refractivity contribution in [2.24, 2.45) is 0 Å². The van der Waals surface area contributed by atoms with Crippen LogP contribution in [0.2, 0.25) is 0 Å². The lowest BCUT2D eigenvalue weighted by Crippen LogP contribution is -2.48. The smallest absolute Gasteiger partial charge is 0.242 e. The minimum atomic E-state index is -0.534. The molecule has 0 aliphatic rings. The topological polar surface area (TPSA) is 58.6 Å². The van der Waals surface area contributed by atoms with Crippen molar-refractivity contribution in [1.82, 2.24) is 10.2 Å². The Hall–Kier alpha value is -2.47. The number of nitrogens with one attached hydrogen (secondary N) is 1. The molecule has 6 heteroatoms. The maximum atomic E-state index is 13.0. The van der Waals surface area contributed by atoms with Crippen LogP contribution in [0.1, 0.15) is 31.4 Å². The van der Waals surface area contributed by atoms with Gasteiger partial charge < -0.3 is 15.0 Å². The second kappa shape index (κ2) is 12.2. The van der Waals surface area contributed by atoms with Crippen LogP contribution in [0.4, 0.5) is 0 Å². The van der Waals surface area contributed by atoms with Gasteiger partial charge in [0.25, 0.3) is 0 Å². The Bertz CT molecular complexity index is 765. The van der Waals surface area contributed by atoms with Gasteiger partial charge in [-0.3, -0.25) is 9.59 Å². The van der Waals surface area contributed by atoms with Gasteiger partial charge in [-0.15, -0.1) is 11.8 Å². The van der Waals surface area contributed by atoms with E-state index in [1.165, 1.54) is 5.56 Å². The van der Waals surface area contributed by atoms with Crippen LogP contribution in [0.5, 0.6) is 5.75 Å². The molecule has 1 N–H and O–H groups in total. The van der Waals surface area contributed by atoms with Gasteiger partial charge in [0.05, 0.1) is 12.9 Å². The summed E-state index contributed by atoms with van der Waals surface area (Å²) in [6.45, 7) is 4.78. The van der Waals surface area contributed by atoms with Crippen molar-refractivity contribution >= 4 is 23.6 Å². The summed E-state index contributed by atoms with van der Waals surface area (Å²) in [5.41, 5.74) is 2.14. The van der Waals surface area contributed by atoms with Crippen molar-refractivity contribution in [2.75, 3.05) is 19.4 Å². The Morgan fingerprint density at radius 1 is 1.07 bits per heavy atom. The quantitative estimate of drug-likeness (QED) is 0.606. The highest BCUT2D eigenvalue weighted by atomic mass is 32.2. The molecule has 0 fully saturated rings. The zero-order valence-corrected chi connectivity index (χ0v) is 18.2. The number of nitrogens with zero attached hydrogens (tertiary/aromatic N) is 1. The number of amides is 2. The fraction of sp³-hybridized carbons (Fsp3) is 0.391. The van der Waals surface area contributed by atoms with Crippen LogP contribution in [-0.4, -0.2) is 42.2 Å². The van der Waals surface area contributed by atoms with Crippen LogP contribution in [0.15, 0.2) is 54.6 Å². The van der Waals surface area contributed by atoms with Gasteiger partial charge in [0.15, 0.2) is 0 Å². The molecular weight excluding hydrogens is 384 g/mol. The predicted molar refractivity (Wildman–Crippen MR) is 119 cm³/mol. The van der Waals surface area contributed by atoms with Crippen molar-refractivity contribution in [1.29, 1.82) is 0 Å². The summed E-state index contributed by atoms with van der Waals surface area (Å²) in [4.78, 5) is 27.1. The molecule has 2 amide bonds. The molecular formula is C23H30N2O3S. The van der Waals surface area contributed by atoms with Crippen molar-refractivity contribution in [3.8, 4) is 5.75 Å². The number of methoxy groups -OCH3 is 1. The summed E-state index contributed by atoms with van der Waals surface area (Å²) < 4.78 is 5.20. The first-order valence-corrected chi connectivity index (χ1v) is 11.0. The summed E-state index contributed by atoms with van der Waals surface area (Å²) in [5.74, 6) is 1.69. The third kappa shape index (κ3) is 7.46. The molecule has 2 aromatic carbocycles. The van der Waals surface area contributed by atoms with E-state index in [2.05, 4.69) is 5.32 Å². The number of benzene rings is 2.